The minimum Gasteiger partial charge on any atom is -0.385 e. The lowest BCUT2D eigenvalue weighted by molar-refractivity contribution is 0.374. The summed E-state index contributed by atoms with van der Waals surface area (Å²) in [5.41, 5.74) is 0.275. The number of para-hydroxylation sites is 1. The zero-order valence-corrected chi connectivity index (χ0v) is 8.57. The molecule has 0 aliphatic rings. The lowest BCUT2D eigenvalue weighted by Gasteiger charge is -2.07. The molecule has 1 N–H and O–H groups in total. The van der Waals surface area contributed by atoms with Crippen LogP contribution in [-0.4, -0.2) is 28.5 Å². The van der Waals surface area contributed by atoms with Crippen LogP contribution in [0.2, 0.25) is 0 Å². The molecule has 1 aromatic heterocycles. The van der Waals surface area contributed by atoms with Crippen LogP contribution in [0, 0.1) is 0 Å². The molecule has 15 heavy (non-hydrogen) atoms. The van der Waals surface area contributed by atoms with Gasteiger partial charge in [-0.1, -0.05) is 23.9 Å². The van der Waals surface area contributed by atoms with Gasteiger partial charge in [0, 0.05) is 0 Å². The van der Waals surface area contributed by atoms with E-state index in [0.29, 0.717) is 16.1 Å². The van der Waals surface area contributed by atoms with E-state index >= 15 is 0 Å². The fraction of sp³-hybridized carbons (Fsp3) is 0.111. The molecule has 4 nitrogen and oxygen atoms in total. The zero-order valence-electron chi connectivity index (χ0n) is 7.75. The fourth-order valence-corrected chi connectivity index (χ4v) is 1.79. The lowest BCUT2D eigenvalue weighted by atomic mass is 10.2. The molecule has 1 aromatic carbocycles. The molecule has 0 saturated carbocycles. The summed E-state index contributed by atoms with van der Waals surface area (Å²) in [6, 6.07) is 6.95. The number of aliphatic hydroxyl groups excluding tert-OH is 1. The highest BCUT2D eigenvalue weighted by Crippen LogP contribution is 2.14. The number of benzene rings is 1. The fourth-order valence-electron chi connectivity index (χ4n) is 1.29. The van der Waals surface area contributed by atoms with Gasteiger partial charge in [-0.3, -0.25) is 4.79 Å². The Kier molecular flexibility index (Phi) is 2.79. The van der Waals surface area contributed by atoms with E-state index in [4.69, 9.17) is 13.1 Å². The van der Waals surface area contributed by atoms with E-state index in [1.54, 1.807) is 24.3 Å². The Morgan fingerprint density at radius 2 is 2.20 bits per heavy atom. The van der Waals surface area contributed by atoms with Crippen molar-refractivity contribution in [3.8, 4) is 0 Å². The van der Waals surface area contributed by atoms with Crippen molar-refractivity contribution < 1.29 is 5.11 Å². The van der Waals surface area contributed by atoms with Gasteiger partial charge in [0.25, 0.3) is 0 Å². The summed E-state index contributed by atoms with van der Waals surface area (Å²) < 4.78 is 0.948. The van der Waals surface area contributed by atoms with Gasteiger partial charge in [0.2, 0.25) is 13.5 Å². The maximum Gasteiger partial charge on any atom is 0.248 e. The Morgan fingerprint density at radius 3 is 2.93 bits per heavy atom. The second kappa shape index (κ2) is 4.08. The predicted molar refractivity (Wildman–Crippen MR) is 60.1 cm³/mol. The van der Waals surface area contributed by atoms with Crippen LogP contribution in [0.5, 0.6) is 0 Å². The van der Waals surface area contributed by atoms with E-state index in [0.717, 1.165) is 16.2 Å². The predicted octanol–water partition coefficient (Wildman–Crippen LogP) is 0.370. The van der Waals surface area contributed by atoms with Crippen molar-refractivity contribution in [2.24, 2.45) is 0 Å². The number of fused-ring (bicyclic) bond motifs is 1. The van der Waals surface area contributed by atoms with Crippen molar-refractivity contribution in [3.05, 3.63) is 34.6 Å². The normalized spacial score (nSPS) is 10.7. The number of aliphatic hydroxyl groups is 1. The Bertz CT molecular complexity index is 555. The maximum absolute atomic E-state index is 11.7. The molecular formula is C9H7BN2O2S. The van der Waals surface area contributed by atoms with Gasteiger partial charge in [-0.05, 0) is 12.1 Å². The highest BCUT2D eigenvalue weighted by molar-refractivity contribution is 7.99. The number of rotatable bonds is 2. The minimum atomic E-state index is -0.309. The van der Waals surface area contributed by atoms with Crippen LogP contribution in [0.1, 0.15) is 0 Å². The first kappa shape index (κ1) is 10.3. The second-order valence-corrected chi connectivity index (χ2v) is 3.77. The quantitative estimate of drug-likeness (QED) is 0.342. The van der Waals surface area contributed by atoms with E-state index in [2.05, 4.69) is 4.98 Å². The van der Waals surface area contributed by atoms with E-state index in [9.17, 15) is 4.79 Å². The highest BCUT2D eigenvalue weighted by Gasteiger charge is 2.06. The van der Waals surface area contributed by atoms with Gasteiger partial charge in [-0.2, -0.15) is 0 Å². The van der Waals surface area contributed by atoms with Crippen LogP contribution in [0.4, 0.5) is 0 Å². The Morgan fingerprint density at radius 1 is 1.47 bits per heavy atom. The smallest absolute Gasteiger partial charge is 0.248 e. The average Bonchev–Trinajstić information content (AvgIpc) is 2.26. The third-order valence-corrected chi connectivity index (χ3v) is 2.64. The van der Waals surface area contributed by atoms with Crippen molar-refractivity contribution in [2.75, 3.05) is 5.94 Å². The van der Waals surface area contributed by atoms with Crippen LogP contribution >= 0.6 is 11.8 Å². The standard InChI is InChI=1S/C9H7BN2O2S/c10-12-8(14)6-3-1-2-4-7(6)11-9(12)15-5-13/h1-4,13H,5H2. The molecule has 2 rings (SSSR count). The molecule has 6 heteroatoms. The zero-order chi connectivity index (χ0) is 10.8. The van der Waals surface area contributed by atoms with Gasteiger partial charge >= 0.3 is 0 Å². The van der Waals surface area contributed by atoms with Gasteiger partial charge < -0.3 is 9.58 Å². The van der Waals surface area contributed by atoms with Gasteiger partial charge in [0.05, 0.1) is 16.8 Å². The molecule has 0 aliphatic heterocycles. The molecule has 0 aliphatic carbocycles. The molecule has 74 valence electrons. The van der Waals surface area contributed by atoms with E-state index in [-0.39, 0.29) is 11.5 Å². The monoisotopic (exact) mass is 218 g/mol. The van der Waals surface area contributed by atoms with Crippen molar-refractivity contribution in [1.29, 1.82) is 0 Å². The molecule has 0 fully saturated rings. The summed E-state index contributed by atoms with van der Waals surface area (Å²) >= 11 is 1.01. The summed E-state index contributed by atoms with van der Waals surface area (Å²) in [6.45, 7) is 0. The Balaban J connectivity index is 2.77. The van der Waals surface area contributed by atoms with Gasteiger partial charge in [0.1, 0.15) is 0 Å². The third-order valence-electron chi connectivity index (χ3n) is 1.97. The number of thioether (sulfide) groups is 1. The Labute approximate surface area is 91.4 Å². The summed E-state index contributed by atoms with van der Waals surface area (Å²) in [5.74, 6) is -0.165. The molecule has 0 atom stereocenters. The van der Waals surface area contributed by atoms with E-state index in [1.807, 2.05) is 0 Å². The molecule has 0 saturated heterocycles. The minimum absolute atomic E-state index is 0.165. The van der Waals surface area contributed by atoms with E-state index in [1.165, 1.54) is 0 Å². The van der Waals surface area contributed by atoms with Crippen LogP contribution in [0.3, 0.4) is 0 Å². The number of nitrogens with zero attached hydrogens (tertiary/aromatic N) is 2. The molecule has 0 unspecified atom stereocenters. The highest BCUT2D eigenvalue weighted by atomic mass is 32.2. The molecule has 2 aromatic rings. The summed E-state index contributed by atoms with van der Waals surface area (Å²) in [6.07, 6.45) is 0. The summed E-state index contributed by atoms with van der Waals surface area (Å²) in [4.78, 5) is 15.9. The first-order chi connectivity index (χ1) is 7.24. The van der Waals surface area contributed by atoms with Crippen LogP contribution in [0.15, 0.2) is 34.2 Å². The molecule has 0 amide bonds. The van der Waals surface area contributed by atoms with Gasteiger partial charge in [-0.15, -0.1) is 0 Å². The SMILES string of the molecule is [B]n1c(SCO)nc2ccccc2c1=O. The largest absolute Gasteiger partial charge is 0.385 e. The van der Waals surface area contributed by atoms with Crippen molar-refractivity contribution in [3.63, 3.8) is 0 Å². The topological polar surface area (TPSA) is 55.1 Å². The Hall–Kier alpha value is -1.27. The van der Waals surface area contributed by atoms with Gasteiger partial charge in [0.15, 0.2) is 5.16 Å². The van der Waals surface area contributed by atoms with Crippen LogP contribution in [0.25, 0.3) is 10.9 Å². The van der Waals surface area contributed by atoms with Crippen molar-refractivity contribution in [2.45, 2.75) is 5.16 Å². The van der Waals surface area contributed by atoms with Crippen LogP contribution < -0.4 is 5.56 Å². The number of aromatic nitrogens is 2. The first-order valence-corrected chi connectivity index (χ1v) is 5.23. The molecule has 0 bridgehead atoms. The molecule has 2 radical (unpaired) electrons. The maximum atomic E-state index is 11.7. The van der Waals surface area contributed by atoms with Crippen molar-refractivity contribution in [1.82, 2.24) is 9.46 Å². The number of hydrogen-bond acceptors (Lipinski definition) is 4. The molecule has 0 spiro atoms. The summed E-state index contributed by atoms with van der Waals surface area (Å²) in [5, 5.41) is 9.54. The lowest BCUT2D eigenvalue weighted by Crippen LogP contribution is -2.21. The van der Waals surface area contributed by atoms with Crippen molar-refractivity contribution >= 4 is 30.6 Å². The van der Waals surface area contributed by atoms with E-state index < -0.39 is 0 Å². The van der Waals surface area contributed by atoms with Crippen LogP contribution in [-0.2, 0) is 0 Å². The number of hydrogen-bond donors (Lipinski definition) is 1. The second-order valence-electron chi connectivity index (χ2n) is 2.86. The molecular weight excluding hydrogens is 211 g/mol. The molecule has 1 heterocycles. The summed E-state index contributed by atoms with van der Waals surface area (Å²) in [7, 11) is 5.54. The average molecular weight is 218 g/mol. The first-order valence-electron chi connectivity index (χ1n) is 4.24. The van der Waals surface area contributed by atoms with Gasteiger partial charge in [-0.25, -0.2) is 4.98 Å². The third kappa shape index (κ3) is 1.78.